The number of nitrogens with one attached hydrogen (secondary N) is 1. The molecule has 1 aliphatic rings. The average molecular weight is 178 g/mol. The molecule has 0 aromatic rings. The van der Waals surface area contributed by atoms with Gasteiger partial charge in [0.2, 0.25) is 0 Å². The number of rotatable bonds is 1. The predicted molar refractivity (Wildman–Crippen MR) is 37.7 cm³/mol. The molecule has 1 aliphatic heterocycles. The number of hydrogen-bond acceptors (Lipinski definition) is 2. The fourth-order valence-corrected chi connectivity index (χ4v) is 0.859. The van der Waals surface area contributed by atoms with Crippen LogP contribution in [-0.2, 0) is 4.79 Å². The number of alkyl halides is 1. The van der Waals surface area contributed by atoms with E-state index >= 15 is 0 Å². The highest BCUT2D eigenvalue weighted by atomic mass is 35.5. The van der Waals surface area contributed by atoms with Crippen LogP contribution in [-0.4, -0.2) is 16.9 Å². The van der Waals surface area contributed by atoms with Crippen LogP contribution in [0.5, 0.6) is 0 Å². The number of dihydropyridines is 1. The second kappa shape index (κ2) is 2.54. The molecular weight excluding hydrogens is 173 g/mol. The quantitative estimate of drug-likeness (QED) is 0.587. The molecule has 2 N–H and O–H groups in total. The molecule has 0 aromatic carbocycles. The van der Waals surface area contributed by atoms with Crippen molar-refractivity contribution in [3.8, 4) is 0 Å². The molecule has 0 amide bonds. The SMILES string of the molecule is O=C(O)C1(F)C=C(Cl)C=CN1. The van der Waals surface area contributed by atoms with Crippen LogP contribution in [0.3, 0.4) is 0 Å². The number of allylic oxidation sites excluding steroid dienone is 2. The predicted octanol–water partition coefficient (Wildman–Crippen LogP) is 0.976. The number of carbonyl (C=O) groups is 1. The van der Waals surface area contributed by atoms with Gasteiger partial charge in [0.15, 0.2) is 0 Å². The molecular formula is C6H5ClFNO2. The Hall–Kier alpha value is -1.03. The number of halogens is 2. The monoisotopic (exact) mass is 177 g/mol. The van der Waals surface area contributed by atoms with Gasteiger partial charge in [0, 0.05) is 17.3 Å². The van der Waals surface area contributed by atoms with E-state index in [0.29, 0.717) is 0 Å². The lowest BCUT2D eigenvalue weighted by atomic mass is 10.2. The minimum atomic E-state index is -2.56. The first kappa shape index (κ1) is 8.07. The molecule has 5 heteroatoms. The van der Waals surface area contributed by atoms with Crippen molar-refractivity contribution >= 4 is 17.6 Å². The van der Waals surface area contributed by atoms with Crippen LogP contribution in [0, 0.1) is 0 Å². The summed E-state index contributed by atoms with van der Waals surface area (Å²) in [4.78, 5) is 10.2. The highest BCUT2D eigenvalue weighted by Crippen LogP contribution is 2.19. The summed E-state index contributed by atoms with van der Waals surface area (Å²) >= 11 is 5.38. The third kappa shape index (κ3) is 1.51. The summed E-state index contributed by atoms with van der Waals surface area (Å²) < 4.78 is 13.0. The van der Waals surface area contributed by atoms with E-state index in [0.717, 1.165) is 12.3 Å². The van der Waals surface area contributed by atoms with Crippen LogP contribution >= 0.6 is 11.6 Å². The third-order valence-electron chi connectivity index (χ3n) is 1.18. The number of aliphatic carboxylic acids is 1. The summed E-state index contributed by atoms with van der Waals surface area (Å²) in [5, 5.41) is 10.4. The molecule has 60 valence electrons. The lowest BCUT2D eigenvalue weighted by molar-refractivity contribution is -0.148. The molecule has 3 nitrogen and oxygen atoms in total. The van der Waals surface area contributed by atoms with Crippen LogP contribution in [0.4, 0.5) is 4.39 Å². The van der Waals surface area contributed by atoms with Gasteiger partial charge in [0.05, 0.1) is 0 Å². The zero-order valence-corrected chi connectivity index (χ0v) is 6.10. The largest absolute Gasteiger partial charge is 0.477 e. The fourth-order valence-electron chi connectivity index (χ4n) is 0.646. The molecule has 1 rings (SSSR count). The molecule has 0 aromatic heterocycles. The summed E-state index contributed by atoms with van der Waals surface area (Å²) in [5.41, 5.74) is 0. The standard InChI is InChI=1S/C6H5ClFNO2/c7-4-1-2-9-6(8,3-4)5(10)11/h1-3,9H,(H,10,11). The zero-order chi connectivity index (χ0) is 8.48. The van der Waals surface area contributed by atoms with Crippen molar-refractivity contribution in [1.82, 2.24) is 5.32 Å². The average Bonchev–Trinajstić information content (AvgIpc) is 1.86. The van der Waals surface area contributed by atoms with E-state index in [-0.39, 0.29) is 5.03 Å². The van der Waals surface area contributed by atoms with E-state index in [1.165, 1.54) is 6.08 Å². The second-order valence-corrected chi connectivity index (χ2v) is 2.46. The summed E-state index contributed by atoms with van der Waals surface area (Å²) in [5.74, 6) is -4.17. The Labute approximate surface area is 67.2 Å². The lowest BCUT2D eigenvalue weighted by Gasteiger charge is -2.19. The first-order chi connectivity index (χ1) is 5.04. The molecule has 1 unspecified atom stereocenters. The van der Waals surface area contributed by atoms with Crippen LogP contribution in [0.15, 0.2) is 23.4 Å². The maximum Gasteiger partial charge on any atom is 0.366 e. The second-order valence-electron chi connectivity index (χ2n) is 2.02. The van der Waals surface area contributed by atoms with Gasteiger partial charge in [-0.05, 0) is 6.08 Å². The van der Waals surface area contributed by atoms with Gasteiger partial charge in [-0.15, -0.1) is 0 Å². The third-order valence-corrected chi connectivity index (χ3v) is 1.42. The topological polar surface area (TPSA) is 49.3 Å². The Morgan fingerprint density at radius 1 is 1.82 bits per heavy atom. The Morgan fingerprint density at radius 3 is 2.82 bits per heavy atom. The smallest absolute Gasteiger partial charge is 0.366 e. The van der Waals surface area contributed by atoms with Crippen molar-refractivity contribution in [3.63, 3.8) is 0 Å². The fraction of sp³-hybridized carbons (Fsp3) is 0.167. The first-order valence-electron chi connectivity index (χ1n) is 2.79. The van der Waals surface area contributed by atoms with E-state index in [4.69, 9.17) is 16.7 Å². The number of hydrogen-bond donors (Lipinski definition) is 2. The molecule has 0 spiro atoms. The summed E-state index contributed by atoms with van der Waals surface area (Å²) in [7, 11) is 0. The number of carboxylic acid groups (broad SMARTS) is 1. The summed E-state index contributed by atoms with van der Waals surface area (Å²) in [6.45, 7) is 0. The Kier molecular flexibility index (Phi) is 1.87. The highest BCUT2D eigenvalue weighted by molar-refractivity contribution is 6.31. The molecule has 0 aliphatic carbocycles. The van der Waals surface area contributed by atoms with Gasteiger partial charge in [0.25, 0.3) is 5.79 Å². The van der Waals surface area contributed by atoms with Crippen molar-refractivity contribution in [1.29, 1.82) is 0 Å². The van der Waals surface area contributed by atoms with E-state index in [9.17, 15) is 9.18 Å². The molecule has 1 atom stereocenters. The van der Waals surface area contributed by atoms with Gasteiger partial charge in [-0.3, -0.25) is 0 Å². The molecule has 0 radical (unpaired) electrons. The molecule has 0 saturated carbocycles. The maximum absolute atomic E-state index is 13.0. The van der Waals surface area contributed by atoms with Gasteiger partial charge in [0.1, 0.15) is 0 Å². The van der Waals surface area contributed by atoms with Crippen LogP contribution in [0.2, 0.25) is 0 Å². The number of carboxylic acids is 1. The molecule has 0 bridgehead atoms. The van der Waals surface area contributed by atoms with E-state index < -0.39 is 11.8 Å². The van der Waals surface area contributed by atoms with Gasteiger partial charge >= 0.3 is 5.97 Å². The van der Waals surface area contributed by atoms with Crippen molar-refractivity contribution < 1.29 is 14.3 Å². The van der Waals surface area contributed by atoms with Crippen molar-refractivity contribution in [2.24, 2.45) is 0 Å². The molecule has 0 fully saturated rings. The minimum Gasteiger partial charge on any atom is -0.477 e. The maximum atomic E-state index is 13.0. The van der Waals surface area contributed by atoms with Gasteiger partial charge in [-0.2, -0.15) is 0 Å². The van der Waals surface area contributed by atoms with Gasteiger partial charge in [-0.1, -0.05) is 11.6 Å². The normalized spacial score (nSPS) is 29.1. The Bertz CT molecular complexity index is 251. The minimum absolute atomic E-state index is 0.0636. The van der Waals surface area contributed by atoms with Crippen LogP contribution in [0.25, 0.3) is 0 Å². The van der Waals surface area contributed by atoms with Gasteiger partial charge in [-0.25, -0.2) is 9.18 Å². The highest BCUT2D eigenvalue weighted by Gasteiger charge is 2.36. The molecule has 11 heavy (non-hydrogen) atoms. The van der Waals surface area contributed by atoms with E-state index in [1.54, 1.807) is 0 Å². The van der Waals surface area contributed by atoms with Crippen LogP contribution < -0.4 is 5.32 Å². The molecule has 0 saturated heterocycles. The van der Waals surface area contributed by atoms with E-state index in [1.807, 2.05) is 5.32 Å². The first-order valence-corrected chi connectivity index (χ1v) is 3.17. The summed E-state index contributed by atoms with van der Waals surface area (Å²) in [6.07, 6.45) is 3.30. The Morgan fingerprint density at radius 2 is 2.45 bits per heavy atom. The van der Waals surface area contributed by atoms with E-state index in [2.05, 4.69) is 0 Å². The summed E-state index contributed by atoms with van der Waals surface area (Å²) in [6, 6.07) is 0. The molecule has 1 heterocycles. The van der Waals surface area contributed by atoms with Crippen molar-refractivity contribution in [2.45, 2.75) is 5.79 Å². The van der Waals surface area contributed by atoms with Crippen LogP contribution in [0.1, 0.15) is 0 Å². The zero-order valence-electron chi connectivity index (χ0n) is 5.34. The van der Waals surface area contributed by atoms with Gasteiger partial charge < -0.3 is 10.4 Å². The van der Waals surface area contributed by atoms with Crippen molar-refractivity contribution in [3.05, 3.63) is 23.4 Å². The lowest BCUT2D eigenvalue weighted by Crippen LogP contribution is -2.44. The Balaban J connectivity index is 2.92. The van der Waals surface area contributed by atoms with Crippen molar-refractivity contribution in [2.75, 3.05) is 0 Å².